The van der Waals surface area contributed by atoms with Crippen molar-refractivity contribution in [2.45, 2.75) is 24.5 Å². The van der Waals surface area contributed by atoms with Crippen molar-refractivity contribution in [1.82, 2.24) is 9.62 Å². The van der Waals surface area contributed by atoms with E-state index in [1.165, 1.54) is 0 Å². The van der Waals surface area contributed by atoms with Gasteiger partial charge in [-0.25, -0.2) is 8.42 Å². The van der Waals surface area contributed by atoms with E-state index in [0.29, 0.717) is 18.3 Å². The quantitative estimate of drug-likeness (QED) is 0.898. The third kappa shape index (κ3) is 4.22. The fraction of sp³-hybridized carbons (Fsp3) is 0.571. The number of nitrogens with one attached hydrogen (secondary N) is 1. The van der Waals surface area contributed by atoms with Crippen molar-refractivity contribution in [3.05, 3.63) is 35.4 Å². The van der Waals surface area contributed by atoms with Crippen LogP contribution in [0.25, 0.3) is 0 Å². The summed E-state index contributed by atoms with van der Waals surface area (Å²) >= 11 is 1.84. The van der Waals surface area contributed by atoms with E-state index in [9.17, 15) is 8.42 Å². The van der Waals surface area contributed by atoms with Crippen LogP contribution in [0.5, 0.6) is 0 Å². The molecule has 4 nitrogen and oxygen atoms in total. The second-order valence-corrected chi connectivity index (χ2v) is 8.66. The molecule has 1 aliphatic heterocycles. The third-order valence-corrected chi connectivity index (χ3v) is 6.30. The van der Waals surface area contributed by atoms with E-state index in [1.807, 2.05) is 43.1 Å². The van der Waals surface area contributed by atoms with E-state index < -0.39 is 10.0 Å². The molecule has 112 valence electrons. The minimum absolute atomic E-state index is 0.101. The minimum atomic E-state index is -3.19. The Balaban J connectivity index is 2.03. The van der Waals surface area contributed by atoms with Gasteiger partial charge in [0.1, 0.15) is 0 Å². The number of hydrogen-bond acceptors (Lipinski definition) is 4. The predicted molar refractivity (Wildman–Crippen MR) is 85.3 cm³/mol. The maximum Gasteiger partial charge on any atom is 0.218 e. The number of rotatable bonds is 5. The summed E-state index contributed by atoms with van der Waals surface area (Å²) in [4.78, 5) is 0. The molecule has 2 rings (SSSR count). The zero-order valence-corrected chi connectivity index (χ0v) is 13.6. The second-order valence-electron chi connectivity index (χ2n) is 5.14. The molecule has 1 fully saturated rings. The number of benzene rings is 1. The lowest BCUT2D eigenvalue weighted by Gasteiger charge is -2.29. The van der Waals surface area contributed by atoms with Crippen molar-refractivity contribution in [3.63, 3.8) is 0 Å². The van der Waals surface area contributed by atoms with E-state index in [2.05, 4.69) is 12.2 Å². The largest absolute Gasteiger partial charge is 0.316 e. The van der Waals surface area contributed by atoms with Crippen LogP contribution in [0.1, 0.15) is 18.1 Å². The Labute approximate surface area is 126 Å². The van der Waals surface area contributed by atoms with Crippen LogP contribution in [0.15, 0.2) is 24.3 Å². The van der Waals surface area contributed by atoms with Crippen molar-refractivity contribution >= 4 is 21.8 Å². The van der Waals surface area contributed by atoms with Crippen molar-refractivity contribution in [1.29, 1.82) is 0 Å². The first-order valence-electron chi connectivity index (χ1n) is 6.83. The zero-order chi connectivity index (χ0) is 14.6. The van der Waals surface area contributed by atoms with Gasteiger partial charge in [-0.15, -0.1) is 0 Å². The highest BCUT2D eigenvalue weighted by molar-refractivity contribution is 8.00. The van der Waals surface area contributed by atoms with E-state index in [4.69, 9.17) is 0 Å². The molecule has 1 aliphatic rings. The van der Waals surface area contributed by atoms with Crippen molar-refractivity contribution in [2.24, 2.45) is 0 Å². The maximum absolute atomic E-state index is 12.4. The van der Waals surface area contributed by atoms with Crippen LogP contribution >= 0.6 is 11.8 Å². The molecule has 1 atom stereocenters. The van der Waals surface area contributed by atoms with Crippen LogP contribution in [-0.4, -0.2) is 43.9 Å². The number of thioether (sulfide) groups is 1. The van der Waals surface area contributed by atoms with Crippen molar-refractivity contribution in [2.75, 3.05) is 25.9 Å². The molecule has 0 radical (unpaired) electrons. The molecule has 0 saturated carbocycles. The molecule has 1 N–H and O–H groups in total. The normalized spacial score (nSPS) is 21.0. The summed E-state index contributed by atoms with van der Waals surface area (Å²) in [6.07, 6.45) is 0. The Hall–Kier alpha value is -0.560. The summed E-state index contributed by atoms with van der Waals surface area (Å²) in [5.74, 6) is 0.992. The fourth-order valence-electron chi connectivity index (χ4n) is 2.30. The summed E-state index contributed by atoms with van der Waals surface area (Å²) in [6, 6.07) is 7.78. The Morgan fingerprint density at radius 2 is 1.95 bits per heavy atom. The molecule has 6 heteroatoms. The van der Waals surface area contributed by atoms with Gasteiger partial charge in [0.05, 0.1) is 5.75 Å². The van der Waals surface area contributed by atoms with Gasteiger partial charge < -0.3 is 5.32 Å². The average Bonchev–Trinajstić information content (AvgIpc) is 2.41. The predicted octanol–water partition coefficient (Wildman–Crippen LogP) is 1.67. The van der Waals surface area contributed by atoms with Gasteiger partial charge in [0.25, 0.3) is 0 Å². The van der Waals surface area contributed by atoms with Crippen LogP contribution in [0, 0.1) is 0 Å². The minimum Gasteiger partial charge on any atom is -0.316 e. The lowest BCUT2D eigenvalue weighted by molar-refractivity contribution is 0.423. The van der Waals surface area contributed by atoms with E-state index in [0.717, 1.165) is 23.4 Å². The Morgan fingerprint density at radius 1 is 1.30 bits per heavy atom. The summed E-state index contributed by atoms with van der Waals surface area (Å²) in [6.45, 7) is 4.15. The second kappa shape index (κ2) is 6.93. The van der Waals surface area contributed by atoms with Gasteiger partial charge in [-0.05, 0) is 18.2 Å². The molecule has 0 aliphatic carbocycles. The van der Waals surface area contributed by atoms with Gasteiger partial charge in [0.2, 0.25) is 10.0 Å². The molecule has 0 aromatic heterocycles. The van der Waals surface area contributed by atoms with Crippen LogP contribution in [0.2, 0.25) is 0 Å². The van der Waals surface area contributed by atoms with Gasteiger partial charge in [-0.3, -0.25) is 0 Å². The average molecular weight is 314 g/mol. The SMILES string of the molecule is CNCc1ccc(CS(=O)(=O)N2CCSC(C)C2)cc1. The number of sulfonamides is 1. The number of nitrogens with zero attached hydrogens (tertiary/aromatic N) is 1. The van der Waals surface area contributed by atoms with Gasteiger partial charge in [-0.1, -0.05) is 31.2 Å². The van der Waals surface area contributed by atoms with Crippen molar-refractivity contribution in [3.8, 4) is 0 Å². The van der Waals surface area contributed by atoms with E-state index in [-0.39, 0.29) is 5.75 Å². The van der Waals surface area contributed by atoms with Gasteiger partial charge >= 0.3 is 0 Å². The Bertz CT molecular complexity index is 529. The van der Waals surface area contributed by atoms with Crippen LogP contribution in [0.3, 0.4) is 0 Å². The Morgan fingerprint density at radius 3 is 2.55 bits per heavy atom. The molecule has 1 aromatic rings. The van der Waals surface area contributed by atoms with E-state index in [1.54, 1.807) is 4.31 Å². The molecule has 0 amide bonds. The van der Waals surface area contributed by atoms with Crippen molar-refractivity contribution < 1.29 is 8.42 Å². The molecule has 1 saturated heterocycles. The summed E-state index contributed by atoms with van der Waals surface area (Å²) in [7, 11) is -1.29. The lowest BCUT2D eigenvalue weighted by Crippen LogP contribution is -2.41. The summed E-state index contributed by atoms with van der Waals surface area (Å²) < 4.78 is 26.5. The highest BCUT2D eigenvalue weighted by atomic mass is 32.2. The molecular weight excluding hydrogens is 292 g/mol. The Kier molecular flexibility index (Phi) is 5.49. The van der Waals surface area contributed by atoms with Crippen LogP contribution in [0.4, 0.5) is 0 Å². The van der Waals surface area contributed by atoms with Crippen LogP contribution < -0.4 is 5.32 Å². The van der Waals surface area contributed by atoms with Gasteiger partial charge in [0, 0.05) is 30.6 Å². The topological polar surface area (TPSA) is 49.4 Å². The molecule has 1 heterocycles. The van der Waals surface area contributed by atoms with Gasteiger partial charge in [-0.2, -0.15) is 16.1 Å². The molecule has 1 aromatic carbocycles. The third-order valence-electron chi connectivity index (χ3n) is 3.35. The summed E-state index contributed by atoms with van der Waals surface area (Å²) in [5.41, 5.74) is 2.02. The first kappa shape index (κ1) is 15.8. The monoisotopic (exact) mass is 314 g/mol. The molecule has 0 spiro atoms. The zero-order valence-electron chi connectivity index (χ0n) is 12.0. The lowest BCUT2D eigenvalue weighted by atomic mass is 10.1. The molecule has 0 bridgehead atoms. The van der Waals surface area contributed by atoms with Gasteiger partial charge in [0.15, 0.2) is 0 Å². The van der Waals surface area contributed by atoms with Crippen LogP contribution in [-0.2, 0) is 22.3 Å². The number of hydrogen-bond donors (Lipinski definition) is 1. The highest BCUT2D eigenvalue weighted by Crippen LogP contribution is 2.22. The first-order valence-corrected chi connectivity index (χ1v) is 9.49. The highest BCUT2D eigenvalue weighted by Gasteiger charge is 2.27. The fourth-order valence-corrected chi connectivity index (χ4v) is 5.14. The molecule has 20 heavy (non-hydrogen) atoms. The van der Waals surface area contributed by atoms with E-state index >= 15 is 0 Å². The standard InChI is InChI=1S/C14H22N2O2S2/c1-12-10-16(7-8-19-12)20(17,18)11-14-5-3-13(4-6-14)9-15-2/h3-6,12,15H,7-11H2,1-2H3. The first-order chi connectivity index (χ1) is 9.51. The molecule has 1 unspecified atom stereocenters. The summed E-state index contributed by atoms with van der Waals surface area (Å²) in [5, 5.41) is 3.47. The smallest absolute Gasteiger partial charge is 0.218 e. The molecular formula is C14H22N2O2S2. The maximum atomic E-state index is 12.4.